The molecule has 0 saturated carbocycles. The predicted molar refractivity (Wildman–Crippen MR) is 63.8 cm³/mol. The Morgan fingerprint density at radius 3 is 2.38 bits per heavy atom. The number of benzene rings is 1. The summed E-state index contributed by atoms with van der Waals surface area (Å²) in [5.41, 5.74) is 6.21. The highest BCUT2D eigenvalue weighted by molar-refractivity contribution is 6.30. The topological polar surface area (TPSA) is 46.2 Å². The van der Waals surface area contributed by atoms with Crippen molar-refractivity contribution >= 4 is 11.6 Å². The largest absolute Gasteiger partial charge is 0.391 e. The van der Waals surface area contributed by atoms with Crippen LogP contribution in [0.1, 0.15) is 32.4 Å². The second-order valence-corrected chi connectivity index (χ2v) is 5.42. The van der Waals surface area contributed by atoms with Gasteiger partial charge in [-0.25, -0.2) is 4.39 Å². The Morgan fingerprint density at radius 2 is 1.94 bits per heavy atom. The molecule has 0 aliphatic carbocycles. The molecular formula is C12H17ClFNO. The van der Waals surface area contributed by atoms with Crippen LogP contribution in [-0.4, -0.2) is 11.2 Å². The van der Waals surface area contributed by atoms with Gasteiger partial charge in [-0.2, -0.15) is 0 Å². The van der Waals surface area contributed by atoms with Gasteiger partial charge in [0.05, 0.1) is 17.2 Å². The minimum absolute atomic E-state index is 0.0223. The standard InChI is InChI=1S/C12H17ClFNO/c1-12(2,3)11(16)10(15)7-4-5-9(14)8(13)6-7/h4-6,10-11,16H,15H2,1-3H3/t10-,11-/m0/s1. The molecular weight excluding hydrogens is 229 g/mol. The number of hydrogen-bond donors (Lipinski definition) is 2. The monoisotopic (exact) mass is 245 g/mol. The SMILES string of the molecule is CC(C)(C)[C@@H](O)[C@@H](N)c1ccc(F)c(Cl)c1. The maximum atomic E-state index is 13.0. The number of halogens is 2. The van der Waals surface area contributed by atoms with Gasteiger partial charge in [-0.3, -0.25) is 0 Å². The van der Waals surface area contributed by atoms with E-state index in [1.165, 1.54) is 12.1 Å². The molecule has 0 aromatic heterocycles. The Morgan fingerprint density at radius 1 is 1.38 bits per heavy atom. The van der Waals surface area contributed by atoms with E-state index in [1.807, 2.05) is 20.8 Å². The van der Waals surface area contributed by atoms with Crippen LogP contribution >= 0.6 is 11.6 Å². The minimum Gasteiger partial charge on any atom is -0.391 e. The average Bonchev–Trinajstić information content (AvgIpc) is 2.18. The summed E-state index contributed by atoms with van der Waals surface area (Å²) in [5.74, 6) is -0.483. The lowest BCUT2D eigenvalue weighted by Gasteiger charge is -2.31. The van der Waals surface area contributed by atoms with E-state index in [1.54, 1.807) is 6.07 Å². The van der Waals surface area contributed by atoms with E-state index >= 15 is 0 Å². The molecule has 0 aliphatic heterocycles. The van der Waals surface area contributed by atoms with Crippen molar-refractivity contribution < 1.29 is 9.50 Å². The van der Waals surface area contributed by atoms with Crippen LogP contribution in [0.3, 0.4) is 0 Å². The summed E-state index contributed by atoms with van der Waals surface area (Å²) >= 11 is 5.66. The number of aliphatic hydroxyl groups excluding tert-OH is 1. The molecule has 1 aromatic rings. The van der Waals surface area contributed by atoms with Gasteiger partial charge in [0.1, 0.15) is 5.82 Å². The average molecular weight is 246 g/mol. The summed E-state index contributed by atoms with van der Waals surface area (Å²) in [4.78, 5) is 0. The van der Waals surface area contributed by atoms with Crippen molar-refractivity contribution in [1.82, 2.24) is 0 Å². The van der Waals surface area contributed by atoms with E-state index in [9.17, 15) is 9.50 Å². The highest BCUT2D eigenvalue weighted by atomic mass is 35.5. The predicted octanol–water partition coefficient (Wildman–Crippen LogP) is 2.89. The summed E-state index contributed by atoms with van der Waals surface area (Å²) in [6, 6.07) is 3.68. The van der Waals surface area contributed by atoms with Crippen LogP contribution < -0.4 is 5.73 Å². The first-order valence-electron chi connectivity index (χ1n) is 5.12. The molecule has 90 valence electrons. The van der Waals surface area contributed by atoms with Crippen molar-refractivity contribution in [3.63, 3.8) is 0 Å². The Labute approximate surface area is 100 Å². The molecule has 16 heavy (non-hydrogen) atoms. The number of nitrogens with two attached hydrogens (primary N) is 1. The summed E-state index contributed by atoms with van der Waals surface area (Å²) in [5, 5.41) is 10.0. The van der Waals surface area contributed by atoms with Gasteiger partial charge in [0.2, 0.25) is 0 Å². The second-order valence-electron chi connectivity index (χ2n) is 5.01. The fourth-order valence-corrected chi connectivity index (χ4v) is 1.63. The molecule has 2 nitrogen and oxygen atoms in total. The molecule has 3 N–H and O–H groups in total. The van der Waals surface area contributed by atoms with Gasteiger partial charge >= 0.3 is 0 Å². The lowest BCUT2D eigenvalue weighted by molar-refractivity contribution is 0.0401. The first kappa shape index (κ1) is 13.4. The maximum Gasteiger partial charge on any atom is 0.141 e. The molecule has 0 unspecified atom stereocenters. The first-order chi connectivity index (χ1) is 7.23. The van der Waals surface area contributed by atoms with Crippen LogP contribution in [-0.2, 0) is 0 Å². The summed E-state index contributed by atoms with van der Waals surface area (Å²) in [7, 11) is 0. The Hall–Kier alpha value is -0.640. The molecule has 0 heterocycles. The third kappa shape index (κ3) is 2.94. The molecule has 0 aliphatic rings. The van der Waals surface area contributed by atoms with E-state index < -0.39 is 18.0 Å². The van der Waals surface area contributed by atoms with Crippen molar-refractivity contribution in [2.75, 3.05) is 0 Å². The zero-order chi connectivity index (χ0) is 12.5. The Bertz CT molecular complexity index is 376. The first-order valence-corrected chi connectivity index (χ1v) is 5.50. The fraction of sp³-hybridized carbons (Fsp3) is 0.500. The van der Waals surface area contributed by atoms with Crippen LogP contribution in [0.2, 0.25) is 5.02 Å². The molecule has 0 saturated heterocycles. The quantitative estimate of drug-likeness (QED) is 0.842. The second kappa shape index (κ2) is 4.70. The molecule has 0 amide bonds. The van der Waals surface area contributed by atoms with Crippen LogP contribution in [0.4, 0.5) is 4.39 Å². The number of rotatable bonds is 2. The van der Waals surface area contributed by atoms with Gasteiger partial charge < -0.3 is 10.8 Å². The number of aliphatic hydroxyl groups is 1. The van der Waals surface area contributed by atoms with Crippen molar-refractivity contribution in [3.8, 4) is 0 Å². The van der Waals surface area contributed by atoms with Crippen molar-refractivity contribution in [1.29, 1.82) is 0 Å². The minimum atomic E-state index is -0.714. The fourth-order valence-electron chi connectivity index (χ4n) is 1.44. The summed E-state index contributed by atoms with van der Waals surface area (Å²) in [6.45, 7) is 5.67. The Kier molecular flexibility index (Phi) is 3.94. The zero-order valence-electron chi connectivity index (χ0n) is 9.67. The van der Waals surface area contributed by atoms with Gasteiger partial charge in [-0.1, -0.05) is 38.4 Å². The third-order valence-corrected chi connectivity index (χ3v) is 2.85. The van der Waals surface area contributed by atoms with Crippen LogP contribution in [0.25, 0.3) is 0 Å². The molecule has 0 bridgehead atoms. The van der Waals surface area contributed by atoms with Crippen molar-refractivity contribution in [3.05, 3.63) is 34.6 Å². The van der Waals surface area contributed by atoms with E-state index in [0.717, 1.165) is 0 Å². The van der Waals surface area contributed by atoms with Crippen LogP contribution in [0, 0.1) is 11.2 Å². The Balaban J connectivity index is 2.97. The van der Waals surface area contributed by atoms with Crippen molar-refractivity contribution in [2.45, 2.75) is 32.9 Å². The smallest absolute Gasteiger partial charge is 0.141 e. The van der Waals surface area contributed by atoms with Crippen molar-refractivity contribution in [2.24, 2.45) is 11.1 Å². The molecule has 1 rings (SSSR count). The molecule has 1 aromatic carbocycles. The third-order valence-electron chi connectivity index (χ3n) is 2.56. The lowest BCUT2D eigenvalue weighted by atomic mass is 9.82. The van der Waals surface area contributed by atoms with Gasteiger partial charge in [-0.05, 0) is 23.1 Å². The maximum absolute atomic E-state index is 13.0. The van der Waals surface area contributed by atoms with E-state index in [0.29, 0.717) is 5.56 Å². The number of hydrogen-bond acceptors (Lipinski definition) is 2. The molecule has 0 fully saturated rings. The van der Waals surface area contributed by atoms with Gasteiger partial charge in [0.15, 0.2) is 0 Å². The van der Waals surface area contributed by atoms with E-state index in [-0.39, 0.29) is 10.4 Å². The van der Waals surface area contributed by atoms with Gasteiger partial charge in [0, 0.05) is 0 Å². The highest BCUT2D eigenvalue weighted by Crippen LogP contribution is 2.30. The lowest BCUT2D eigenvalue weighted by Crippen LogP contribution is -2.36. The van der Waals surface area contributed by atoms with Crippen LogP contribution in [0.15, 0.2) is 18.2 Å². The summed E-state index contributed by atoms with van der Waals surface area (Å²) < 4.78 is 13.0. The van der Waals surface area contributed by atoms with Crippen LogP contribution in [0.5, 0.6) is 0 Å². The summed E-state index contributed by atoms with van der Waals surface area (Å²) in [6.07, 6.45) is -0.714. The highest BCUT2D eigenvalue weighted by Gasteiger charge is 2.29. The molecule has 2 atom stereocenters. The van der Waals surface area contributed by atoms with E-state index in [4.69, 9.17) is 17.3 Å². The molecule has 0 radical (unpaired) electrons. The molecule has 4 heteroatoms. The van der Waals surface area contributed by atoms with Gasteiger partial charge in [-0.15, -0.1) is 0 Å². The molecule has 0 spiro atoms. The van der Waals surface area contributed by atoms with E-state index in [2.05, 4.69) is 0 Å². The normalized spacial score (nSPS) is 15.9. The zero-order valence-corrected chi connectivity index (χ0v) is 10.4. The van der Waals surface area contributed by atoms with Gasteiger partial charge in [0.25, 0.3) is 0 Å².